The van der Waals surface area contributed by atoms with Crippen LogP contribution in [0.3, 0.4) is 0 Å². The molecule has 0 N–H and O–H groups in total. The van der Waals surface area contributed by atoms with Crippen molar-refractivity contribution in [2.75, 3.05) is 13.1 Å². The molecule has 3 amide bonds. The van der Waals surface area contributed by atoms with E-state index in [1.807, 2.05) is 30.0 Å². The van der Waals surface area contributed by atoms with Crippen LogP contribution < -0.4 is 0 Å². The zero-order valence-electron chi connectivity index (χ0n) is 15.4. The van der Waals surface area contributed by atoms with Gasteiger partial charge in [-0.05, 0) is 36.1 Å². The fourth-order valence-electron chi connectivity index (χ4n) is 4.08. The highest BCUT2D eigenvalue weighted by atomic mass is 16.2. The number of fused-ring (bicyclic) bond motifs is 2. The van der Waals surface area contributed by atoms with Gasteiger partial charge >= 0.3 is 0 Å². The topological polar surface area (TPSA) is 57.7 Å². The fourth-order valence-corrected chi connectivity index (χ4v) is 4.08. The molecule has 2 aromatic carbocycles. The molecule has 0 saturated carbocycles. The summed E-state index contributed by atoms with van der Waals surface area (Å²) in [7, 11) is 0. The molecule has 1 atom stereocenters. The van der Waals surface area contributed by atoms with Crippen LogP contribution in [0.15, 0.2) is 48.5 Å². The minimum absolute atomic E-state index is 0.0774. The molecule has 4 rings (SSSR count). The Morgan fingerprint density at radius 3 is 2.30 bits per heavy atom. The number of nitrogens with zero attached hydrogens (tertiary/aromatic N) is 2. The molecule has 0 aliphatic carbocycles. The Balaban J connectivity index is 1.68. The lowest BCUT2D eigenvalue weighted by atomic mass is 9.91. The van der Waals surface area contributed by atoms with Gasteiger partial charge in [-0.3, -0.25) is 19.3 Å². The summed E-state index contributed by atoms with van der Waals surface area (Å²) in [6.07, 6.45) is 2.04. The maximum absolute atomic E-state index is 12.8. The largest absolute Gasteiger partial charge is 0.333 e. The van der Waals surface area contributed by atoms with E-state index in [1.54, 1.807) is 24.3 Å². The van der Waals surface area contributed by atoms with Crippen molar-refractivity contribution in [2.45, 2.75) is 32.2 Å². The van der Waals surface area contributed by atoms with Gasteiger partial charge in [-0.2, -0.15) is 0 Å². The van der Waals surface area contributed by atoms with Gasteiger partial charge in [0.25, 0.3) is 11.8 Å². The van der Waals surface area contributed by atoms with E-state index in [4.69, 9.17) is 0 Å². The second-order valence-electron chi connectivity index (χ2n) is 7.07. The van der Waals surface area contributed by atoms with E-state index in [0.717, 1.165) is 18.4 Å². The van der Waals surface area contributed by atoms with Crippen LogP contribution in [-0.4, -0.2) is 40.6 Å². The van der Waals surface area contributed by atoms with Gasteiger partial charge in [0, 0.05) is 13.0 Å². The van der Waals surface area contributed by atoms with Crippen molar-refractivity contribution in [3.63, 3.8) is 0 Å². The van der Waals surface area contributed by atoms with Crippen molar-refractivity contribution in [1.29, 1.82) is 0 Å². The molecular weight excluding hydrogens is 340 g/mol. The Bertz CT molecular complexity index is 886. The molecule has 2 aliphatic heterocycles. The van der Waals surface area contributed by atoms with Gasteiger partial charge in [-0.1, -0.05) is 43.3 Å². The van der Waals surface area contributed by atoms with Crippen molar-refractivity contribution in [3.05, 3.63) is 70.8 Å². The zero-order chi connectivity index (χ0) is 19.0. The van der Waals surface area contributed by atoms with E-state index in [2.05, 4.69) is 6.07 Å². The monoisotopic (exact) mass is 362 g/mol. The van der Waals surface area contributed by atoms with Gasteiger partial charge in [0.05, 0.1) is 23.7 Å². The predicted molar refractivity (Wildman–Crippen MR) is 101 cm³/mol. The zero-order valence-corrected chi connectivity index (χ0v) is 15.4. The minimum atomic E-state index is -0.295. The normalized spacial score (nSPS) is 18.5. The lowest BCUT2D eigenvalue weighted by Gasteiger charge is -2.39. The standard InChI is InChI=1S/C22H22N2O3/c1-2-7-20(25)23-13-12-15-8-3-4-9-16(15)19(23)14-24-21(26)17-10-5-6-11-18(17)22(24)27/h3-6,8-11,19H,2,7,12-14H2,1H3. The molecule has 2 aliphatic rings. The van der Waals surface area contributed by atoms with Crippen LogP contribution in [0.5, 0.6) is 0 Å². The first kappa shape index (κ1) is 17.5. The van der Waals surface area contributed by atoms with Gasteiger partial charge in [-0.15, -0.1) is 0 Å². The number of hydrogen-bond acceptors (Lipinski definition) is 3. The minimum Gasteiger partial charge on any atom is -0.333 e. The van der Waals surface area contributed by atoms with Crippen molar-refractivity contribution in [3.8, 4) is 0 Å². The van der Waals surface area contributed by atoms with Crippen molar-refractivity contribution < 1.29 is 14.4 Å². The highest BCUT2D eigenvalue weighted by Gasteiger charge is 2.40. The molecule has 5 nitrogen and oxygen atoms in total. The van der Waals surface area contributed by atoms with Crippen LogP contribution in [0.25, 0.3) is 0 Å². The summed E-state index contributed by atoms with van der Waals surface area (Å²) in [6.45, 7) is 2.79. The molecule has 0 spiro atoms. The Morgan fingerprint density at radius 1 is 1.00 bits per heavy atom. The van der Waals surface area contributed by atoms with Gasteiger partial charge in [0.15, 0.2) is 0 Å². The molecule has 0 saturated heterocycles. The van der Waals surface area contributed by atoms with Crippen LogP contribution in [0.1, 0.15) is 57.7 Å². The third-order valence-electron chi connectivity index (χ3n) is 5.43. The average molecular weight is 362 g/mol. The maximum Gasteiger partial charge on any atom is 0.261 e. The first-order valence-electron chi connectivity index (χ1n) is 9.44. The van der Waals surface area contributed by atoms with Crippen molar-refractivity contribution in [1.82, 2.24) is 9.80 Å². The third-order valence-corrected chi connectivity index (χ3v) is 5.43. The molecule has 0 bridgehead atoms. The Labute approximate surface area is 158 Å². The number of imide groups is 1. The van der Waals surface area contributed by atoms with Crippen molar-refractivity contribution in [2.24, 2.45) is 0 Å². The molecule has 27 heavy (non-hydrogen) atoms. The Morgan fingerprint density at radius 2 is 1.63 bits per heavy atom. The van der Waals surface area contributed by atoms with Crippen LogP contribution in [0.2, 0.25) is 0 Å². The molecule has 2 heterocycles. The number of rotatable bonds is 4. The summed E-state index contributed by atoms with van der Waals surface area (Å²) >= 11 is 0. The van der Waals surface area contributed by atoms with E-state index in [1.165, 1.54) is 10.5 Å². The highest BCUT2D eigenvalue weighted by Crippen LogP contribution is 2.33. The maximum atomic E-state index is 12.8. The molecule has 5 heteroatoms. The summed E-state index contributed by atoms with van der Waals surface area (Å²) < 4.78 is 0. The molecular formula is C22H22N2O3. The van der Waals surface area contributed by atoms with E-state index in [0.29, 0.717) is 24.1 Å². The highest BCUT2D eigenvalue weighted by molar-refractivity contribution is 6.21. The van der Waals surface area contributed by atoms with Crippen LogP contribution >= 0.6 is 0 Å². The van der Waals surface area contributed by atoms with E-state index in [9.17, 15) is 14.4 Å². The van der Waals surface area contributed by atoms with Crippen LogP contribution in [-0.2, 0) is 11.2 Å². The summed E-state index contributed by atoms with van der Waals surface area (Å²) in [4.78, 5) is 41.4. The fraction of sp³-hybridized carbons (Fsp3) is 0.318. The van der Waals surface area contributed by atoms with Gasteiger partial charge in [0.1, 0.15) is 0 Å². The molecule has 1 unspecified atom stereocenters. The van der Waals surface area contributed by atoms with E-state index in [-0.39, 0.29) is 30.3 Å². The van der Waals surface area contributed by atoms with E-state index < -0.39 is 0 Å². The van der Waals surface area contributed by atoms with Crippen LogP contribution in [0.4, 0.5) is 0 Å². The Kier molecular flexibility index (Phi) is 4.52. The number of hydrogen-bond donors (Lipinski definition) is 0. The molecule has 2 aromatic rings. The van der Waals surface area contributed by atoms with Gasteiger partial charge < -0.3 is 4.90 Å². The number of amides is 3. The molecule has 138 valence electrons. The quantitative estimate of drug-likeness (QED) is 0.785. The molecule has 0 fully saturated rings. The smallest absolute Gasteiger partial charge is 0.261 e. The second kappa shape index (κ2) is 6.99. The van der Waals surface area contributed by atoms with E-state index >= 15 is 0 Å². The number of carbonyl (C=O) groups excluding carboxylic acids is 3. The first-order chi connectivity index (χ1) is 13.1. The van der Waals surface area contributed by atoms with Crippen LogP contribution in [0, 0.1) is 0 Å². The summed E-state index contributed by atoms with van der Waals surface area (Å²) in [5.41, 5.74) is 3.10. The summed E-state index contributed by atoms with van der Waals surface area (Å²) in [6, 6.07) is 14.6. The SMILES string of the molecule is CCCC(=O)N1CCc2ccccc2C1CN1C(=O)c2ccccc2C1=O. The van der Waals surface area contributed by atoms with Crippen molar-refractivity contribution >= 4 is 17.7 Å². The van der Waals surface area contributed by atoms with Gasteiger partial charge in [-0.25, -0.2) is 0 Å². The molecule has 0 aromatic heterocycles. The van der Waals surface area contributed by atoms with Gasteiger partial charge in [0.2, 0.25) is 5.91 Å². The lowest BCUT2D eigenvalue weighted by molar-refractivity contribution is -0.134. The third kappa shape index (κ3) is 2.93. The summed E-state index contributed by atoms with van der Waals surface area (Å²) in [5, 5.41) is 0. The Hall–Kier alpha value is -2.95. The summed E-state index contributed by atoms with van der Waals surface area (Å²) in [5.74, 6) is -0.475. The first-order valence-corrected chi connectivity index (χ1v) is 9.44. The lowest BCUT2D eigenvalue weighted by Crippen LogP contribution is -2.46. The second-order valence-corrected chi connectivity index (χ2v) is 7.07. The number of benzene rings is 2. The average Bonchev–Trinajstić information content (AvgIpc) is 2.93. The predicted octanol–water partition coefficient (Wildman–Crippen LogP) is 3.21. The molecule has 0 radical (unpaired) electrons. The number of carbonyl (C=O) groups is 3.